The number of anilines is 1. The van der Waals surface area contributed by atoms with Gasteiger partial charge in [0.05, 0.1) is 12.6 Å². The number of amides is 2. The third-order valence-electron chi connectivity index (χ3n) is 4.76. The van der Waals surface area contributed by atoms with Gasteiger partial charge < -0.3 is 10.2 Å². The summed E-state index contributed by atoms with van der Waals surface area (Å²) in [5.41, 5.74) is 1.87. The average Bonchev–Trinajstić information content (AvgIpc) is 3.06. The highest BCUT2D eigenvalue weighted by molar-refractivity contribution is 9.10. The zero-order valence-corrected chi connectivity index (χ0v) is 16.9. The number of nitrogens with zero attached hydrogens (tertiary/aromatic N) is 2. The number of benzene rings is 1. The molecule has 3 rings (SSSR count). The number of hydrogen-bond acceptors (Lipinski definition) is 4. The van der Waals surface area contributed by atoms with Gasteiger partial charge in [-0.15, -0.1) is 0 Å². The first-order valence-corrected chi connectivity index (χ1v) is 10.7. The fraction of sp³-hybridized carbons (Fsp3) is 0.556. The number of thioether (sulfide) groups is 1. The SMILES string of the molecule is Cc1cc(NC(=O)CN2CCCC2C(=O)N2CCSCC2)ccc1Br. The van der Waals surface area contributed by atoms with Gasteiger partial charge in [-0.2, -0.15) is 11.8 Å². The Morgan fingerprint density at radius 2 is 2.04 bits per heavy atom. The molecule has 0 bridgehead atoms. The second-order valence-corrected chi connectivity index (χ2v) is 8.66. The van der Waals surface area contributed by atoms with Crippen LogP contribution in [0.3, 0.4) is 0 Å². The van der Waals surface area contributed by atoms with Crippen LogP contribution in [0.4, 0.5) is 5.69 Å². The van der Waals surface area contributed by atoms with Crippen LogP contribution in [0.5, 0.6) is 0 Å². The maximum absolute atomic E-state index is 12.8. The minimum atomic E-state index is -0.138. The van der Waals surface area contributed by atoms with Gasteiger partial charge in [-0.1, -0.05) is 15.9 Å². The summed E-state index contributed by atoms with van der Waals surface area (Å²) in [6, 6.07) is 5.62. The predicted molar refractivity (Wildman–Crippen MR) is 106 cm³/mol. The van der Waals surface area contributed by atoms with E-state index in [0.29, 0.717) is 0 Å². The molecule has 0 aliphatic carbocycles. The first kappa shape index (κ1) is 18.7. The van der Waals surface area contributed by atoms with Gasteiger partial charge in [-0.25, -0.2) is 0 Å². The topological polar surface area (TPSA) is 52.7 Å². The Kier molecular flexibility index (Phi) is 6.41. The standard InChI is InChI=1S/C18H24BrN3O2S/c1-13-11-14(4-5-15(13)19)20-17(23)12-22-6-2-3-16(22)18(24)21-7-9-25-10-8-21/h4-5,11,16H,2-3,6-10,12H2,1H3,(H,20,23). The largest absolute Gasteiger partial charge is 0.340 e. The molecule has 1 atom stereocenters. The summed E-state index contributed by atoms with van der Waals surface area (Å²) in [5, 5.41) is 2.95. The Bertz CT molecular complexity index is 649. The number of carbonyl (C=O) groups is 2. The Balaban J connectivity index is 1.57. The van der Waals surface area contributed by atoms with Gasteiger partial charge in [0.2, 0.25) is 11.8 Å². The van der Waals surface area contributed by atoms with Crippen LogP contribution in [0.25, 0.3) is 0 Å². The zero-order valence-electron chi connectivity index (χ0n) is 14.5. The smallest absolute Gasteiger partial charge is 0.239 e. The number of hydrogen-bond donors (Lipinski definition) is 1. The molecule has 2 aliphatic rings. The Hall–Kier alpha value is -1.05. The van der Waals surface area contributed by atoms with Crippen molar-refractivity contribution in [1.82, 2.24) is 9.80 Å². The third kappa shape index (κ3) is 4.77. The molecule has 0 spiro atoms. The van der Waals surface area contributed by atoms with Crippen molar-refractivity contribution in [3.05, 3.63) is 28.2 Å². The van der Waals surface area contributed by atoms with Gasteiger partial charge in [0.1, 0.15) is 0 Å². The van der Waals surface area contributed by atoms with Crippen molar-refractivity contribution in [2.45, 2.75) is 25.8 Å². The lowest BCUT2D eigenvalue weighted by molar-refractivity contribution is -0.136. The molecule has 0 aromatic heterocycles. The molecule has 1 aromatic carbocycles. The molecule has 25 heavy (non-hydrogen) atoms. The van der Waals surface area contributed by atoms with E-state index in [4.69, 9.17) is 0 Å². The molecule has 136 valence electrons. The number of halogens is 1. The summed E-state index contributed by atoms with van der Waals surface area (Å²) in [6.45, 7) is 4.74. The summed E-state index contributed by atoms with van der Waals surface area (Å²) in [6.07, 6.45) is 1.83. The lowest BCUT2D eigenvalue weighted by Crippen LogP contribution is -2.49. The van der Waals surface area contributed by atoms with Crippen LogP contribution >= 0.6 is 27.7 Å². The lowest BCUT2D eigenvalue weighted by Gasteiger charge is -2.32. The van der Waals surface area contributed by atoms with Gasteiger partial charge in [0.25, 0.3) is 0 Å². The van der Waals surface area contributed by atoms with E-state index < -0.39 is 0 Å². The highest BCUT2D eigenvalue weighted by Crippen LogP contribution is 2.22. The molecule has 1 N–H and O–H groups in total. The van der Waals surface area contributed by atoms with Crippen molar-refractivity contribution in [1.29, 1.82) is 0 Å². The molecule has 1 unspecified atom stereocenters. The van der Waals surface area contributed by atoms with E-state index in [-0.39, 0.29) is 24.4 Å². The minimum Gasteiger partial charge on any atom is -0.340 e. The van der Waals surface area contributed by atoms with Crippen molar-refractivity contribution in [3.8, 4) is 0 Å². The predicted octanol–water partition coefficient (Wildman–Crippen LogP) is 2.74. The second kappa shape index (κ2) is 8.56. The molecule has 1 aromatic rings. The van der Waals surface area contributed by atoms with Gasteiger partial charge in [-0.3, -0.25) is 14.5 Å². The molecule has 0 radical (unpaired) electrons. The quantitative estimate of drug-likeness (QED) is 0.805. The van der Waals surface area contributed by atoms with Crippen LogP contribution in [0.15, 0.2) is 22.7 Å². The molecule has 2 heterocycles. The number of rotatable bonds is 4. The molecule has 0 saturated carbocycles. The zero-order chi connectivity index (χ0) is 17.8. The molecule has 2 saturated heterocycles. The van der Waals surface area contributed by atoms with Gasteiger partial charge >= 0.3 is 0 Å². The van der Waals surface area contributed by atoms with Gasteiger partial charge in [0.15, 0.2) is 0 Å². The molecule has 2 fully saturated rings. The number of nitrogens with one attached hydrogen (secondary N) is 1. The molecule has 5 nitrogen and oxygen atoms in total. The fourth-order valence-corrected chi connectivity index (χ4v) is 4.55. The molecular weight excluding hydrogens is 402 g/mol. The van der Waals surface area contributed by atoms with Crippen LogP contribution in [0.2, 0.25) is 0 Å². The second-order valence-electron chi connectivity index (χ2n) is 6.58. The Morgan fingerprint density at radius 3 is 2.76 bits per heavy atom. The van der Waals surface area contributed by atoms with Crippen LogP contribution in [0, 0.1) is 6.92 Å². The molecular formula is C18H24BrN3O2S. The van der Waals surface area contributed by atoms with E-state index in [2.05, 4.69) is 21.2 Å². The summed E-state index contributed by atoms with van der Waals surface area (Å²) in [4.78, 5) is 29.2. The summed E-state index contributed by atoms with van der Waals surface area (Å²) in [7, 11) is 0. The summed E-state index contributed by atoms with van der Waals surface area (Å²) >= 11 is 5.36. The van der Waals surface area contributed by atoms with E-state index in [9.17, 15) is 9.59 Å². The highest BCUT2D eigenvalue weighted by atomic mass is 79.9. The maximum Gasteiger partial charge on any atom is 0.239 e. The van der Waals surface area contributed by atoms with Crippen molar-refractivity contribution >= 4 is 45.2 Å². The molecule has 7 heteroatoms. The fourth-order valence-electron chi connectivity index (χ4n) is 3.40. The van der Waals surface area contributed by atoms with Crippen molar-refractivity contribution in [3.63, 3.8) is 0 Å². The van der Waals surface area contributed by atoms with Gasteiger partial charge in [-0.05, 0) is 50.1 Å². The van der Waals surface area contributed by atoms with E-state index in [1.54, 1.807) is 0 Å². The summed E-state index contributed by atoms with van der Waals surface area (Å²) in [5.74, 6) is 2.17. The first-order chi connectivity index (χ1) is 12.0. The monoisotopic (exact) mass is 425 g/mol. The van der Waals surface area contributed by atoms with Gasteiger partial charge in [0, 0.05) is 34.8 Å². The van der Waals surface area contributed by atoms with Crippen molar-refractivity contribution in [2.24, 2.45) is 0 Å². The van der Waals surface area contributed by atoms with Crippen LogP contribution < -0.4 is 5.32 Å². The van der Waals surface area contributed by atoms with E-state index >= 15 is 0 Å². The Labute approximate surface area is 161 Å². The highest BCUT2D eigenvalue weighted by Gasteiger charge is 2.34. The van der Waals surface area contributed by atoms with E-state index in [1.165, 1.54) is 0 Å². The number of carbonyl (C=O) groups excluding carboxylic acids is 2. The summed E-state index contributed by atoms with van der Waals surface area (Å²) < 4.78 is 1.02. The third-order valence-corrected chi connectivity index (χ3v) is 6.59. The number of aryl methyl sites for hydroxylation is 1. The van der Waals surface area contributed by atoms with E-state index in [1.807, 2.05) is 46.7 Å². The van der Waals surface area contributed by atoms with Crippen molar-refractivity contribution < 1.29 is 9.59 Å². The van der Waals surface area contributed by atoms with Crippen LogP contribution in [-0.2, 0) is 9.59 Å². The normalized spacial score (nSPS) is 21.4. The molecule has 2 aliphatic heterocycles. The minimum absolute atomic E-state index is 0.0596. The first-order valence-electron chi connectivity index (χ1n) is 8.71. The Morgan fingerprint density at radius 1 is 1.28 bits per heavy atom. The van der Waals surface area contributed by atoms with Crippen LogP contribution in [0.1, 0.15) is 18.4 Å². The maximum atomic E-state index is 12.8. The molecule has 2 amide bonds. The number of likely N-dealkylation sites (tertiary alicyclic amines) is 1. The van der Waals surface area contributed by atoms with Crippen molar-refractivity contribution in [2.75, 3.05) is 43.0 Å². The lowest BCUT2D eigenvalue weighted by atomic mass is 10.2. The van der Waals surface area contributed by atoms with E-state index in [0.717, 1.165) is 59.7 Å². The average molecular weight is 426 g/mol. The van der Waals surface area contributed by atoms with Crippen LogP contribution in [-0.4, -0.2) is 65.3 Å².